The standard InChI is InChI=1S/C21H18N2O/c1-3-9-16(10-4-1)21-15-19(18-13-7-8-14-20(18)24-21)23-22-17-11-5-2-6-12-17/h1-14,21-22H,15H2/t21-/m0/s1. The summed E-state index contributed by atoms with van der Waals surface area (Å²) in [5.74, 6) is 0.881. The van der Waals surface area contributed by atoms with E-state index in [2.05, 4.69) is 28.7 Å². The number of ether oxygens (including phenoxy) is 1. The van der Waals surface area contributed by atoms with Crippen molar-refractivity contribution in [2.24, 2.45) is 5.10 Å². The lowest BCUT2D eigenvalue weighted by Crippen LogP contribution is -2.21. The molecule has 0 bridgehead atoms. The normalized spacial score (nSPS) is 17.8. The molecule has 1 N–H and O–H groups in total. The molecule has 0 aliphatic carbocycles. The van der Waals surface area contributed by atoms with Gasteiger partial charge in [-0.2, -0.15) is 5.10 Å². The average Bonchev–Trinajstić information content (AvgIpc) is 2.67. The molecular weight excluding hydrogens is 296 g/mol. The lowest BCUT2D eigenvalue weighted by Gasteiger charge is -2.27. The Kier molecular flexibility index (Phi) is 3.98. The molecule has 4 rings (SSSR count). The van der Waals surface area contributed by atoms with Gasteiger partial charge in [0.1, 0.15) is 11.9 Å². The maximum Gasteiger partial charge on any atom is 0.129 e. The molecule has 3 nitrogen and oxygen atoms in total. The fourth-order valence-corrected chi connectivity index (χ4v) is 2.89. The molecule has 1 aliphatic rings. The maximum atomic E-state index is 6.19. The monoisotopic (exact) mass is 314 g/mol. The lowest BCUT2D eigenvalue weighted by molar-refractivity contribution is 0.206. The minimum atomic E-state index is -0.0163. The predicted octanol–water partition coefficient (Wildman–Crippen LogP) is 5.03. The van der Waals surface area contributed by atoms with Gasteiger partial charge in [-0.25, -0.2) is 0 Å². The number of rotatable bonds is 3. The molecule has 0 saturated carbocycles. The molecule has 24 heavy (non-hydrogen) atoms. The van der Waals surface area contributed by atoms with E-state index in [1.807, 2.05) is 66.7 Å². The number of hydrazone groups is 1. The first-order valence-corrected chi connectivity index (χ1v) is 8.09. The molecule has 3 aromatic rings. The molecule has 3 heteroatoms. The summed E-state index contributed by atoms with van der Waals surface area (Å²) < 4.78 is 6.19. The van der Waals surface area contributed by atoms with Crippen molar-refractivity contribution in [3.05, 3.63) is 96.1 Å². The Morgan fingerprint density at radius 2 is 1.46 bits per heavy atom. The smallest absolute Gasteiger partial charge is 0.129 e. The van der Waals surface area contributed by atoms with Crippen LogP contribution in [-0.4, -0.2) is 5.71 Å². The third kappa shape index (κ3) is 3.01. The summed E-state index contributed by atoms with van der Waals surface area (Å²) in [4.78, 5) is 0. The van der Waals surface area contributed by atoms with E-state index in [1.54, 1.807) is 0 Å². The summed E-state index contributed by atoms with van der Waals surface area (Å²) in [6, 6.07) is 28.4. The van der Waals surface area contributed by atoms with E-state index in [0.717, 1.165) is 29.1 Å². The Hall–Kier alpha value is -3.07. The number of benzene rings is 3. The average molecular weight is 314 g/mol. The molecule has 1 heterocycles. The highest BCUT2D eigenvalue weighted by molar-refractivity contribution is 6.04. The van der Waals surface area contributed by atoms with Crippen LogP contribution in [0, 0.1) is 0 Å². The summed E-state index contributed by atoms with van der Waals surface area (Å²) in [7, 11) is 0. The van der Waals surface area contributed by atoms with Crippen molar-refractivity contribution in [3.63, 3.8) is 0 Å². The van der Waals surface area contributed by atoms with E-state index in [4.69, 9.17) is 4.74 Å². The molecule has 0 unspecified atom stereocenters. The van der Waals surface area contributed by atoms with Crippen LogP contribution in [0.25, 0.3) is 0 Å². The Labute approximate surface area is 141 Å². The van der Waals surface area contributed by atoms with Crippen LogP contribution < -0.4 is 10.2 Å². The fourth-order valence-electron chi connectivity index (χ4n) is 2.89. The van der Waals surface area contributed by atoms with Crippen molar-refractivity contribution in [1.82, 2.24) is 0 Å². The summed E-state index contributed by atoms with van der Waals surface area (Å²) in [5, 5.41) is 4.66. The molecule has 1 atom stereocenters. The first-order chi connectivity index (χ1) is 11.9. The Morgan fingerprint density at radius 1 is 0.792 bits per heavy atom. The van der Waals surface area contributed by atoms with Crippen molar-refractivity contribution < 1.29 is 4.74 Å². The van der Waals surface area contributed by atoms with E-state index in [-0.39, 0.29) is 6.10 Å². The van der Waals surface area contributed by atoms with Crippen LogP contribution in [0.4, 0.5) is 5.69 Å². The number of hydrogen-bond acceptors (Lipinski definition) is 3. The second kappa shape index (κ2) is 6.59. The van der Waals surface area contributed by atoms with Crippen LogP contribution in [0.3, 0.4) is 0 Å². The van der Waals surface area contributed by atoms with Crippen molar-refractivity contribution >= 4 is 11.4 Å². The highest BCUT2D eigenvalue weighted by atomic mass is 16.5. The van der Waals surface area contributed by atoms with E-state index < -0.39 is 0 Å². The summed E-state index contributed by atoms with van der Waals surface area (Å²) in [5.41, 5.74) is 7.36. The van der Waals surface area contributed by atoms with E-state index >= 15 is 0 Å². The van der Waals surface area contributed by atoms with Gasteiger partial charge in [0.15, 0.2) is 0 Å². The molecule has 118 valence electrons. The van der Waals surface area contributed by atoms with Crippen molar-refractivity contribution in [3.8, 4) is 5.75 Å². The quantitative estimate of drug-likeness (QED) is 0.688. The minimum absolute atomic E-state index is 0.0163. The first kappa shape index (κ1) is 14.5. The van der Waals surface area contributed by atoms with Gasteiger partial charge in [0, 0.05) is 12.0 Å². The number of nitrogens with zero attached hydrogens (tertiary/aromatic N) is 1. The highest BCUT2D eigenvalue weighted by Gasteiger charge is 2.25. The topological polar surface area (TPSA) is 33.6 Å². The summed E-state index contributed by atoms with van der Waals surface area (Å²) >= 11 is 0. The van der Waals surface area contributed by atoms with Crippen molar-refractivity contribution in [2.75, 3.05) is 5.43 Å². The summed E-state index contributed by atoms with van der Waals surface area (Å²) in [6.07, 6.45) is 0.721. The van der Waals surface area contributed by atoms with Gasteiger partial charge < -0.3 is 4.74 Å². The van der Waals surface area contributed by atoms with Crippen LogP contribution in [0.1, 0.15) is 23.7 Å². The Bertz CT molecular complexity index is 844. The van der Waals surface area contributed by atoms with Gasteiger partial charge in [-0.05, 0) is 29.8 Å². The SMILES string of the molecule is c1ccc(NN=C2C[C@@H](c3ccccc3)Oc3ccccc32)cc1. The van der Waals surface area contributed by atoms with E-state index in [9.17, 15) is 0 Å². The van der Waals surface area contributed by atoms with Crippen LogP contribution in [-0.2, 0) is 0 Å². The minimum Gasteiger partial charge on any atom is -0.485 e. The molecule has 0 amide bonds. The fraction of sp³-hybridized carbons (Fsp3) is 0.0952. The summed E-state index contributed by atoms with van der Waals surface area (Å²) in [6.45, 7) is 0. The van der Waals surface area contributed by atoms with Crippen LogP contribution >= 0.6 is 0 Å². The van der Waals surface area contributed by atoms with Crippen molar-refractivity contribution in [2.45, 2.75) is 12.5 Å². The molecular formula is C21H18N2O. The van der Waals surface area contributed by atoms with Crippen LogP contribution in [0.15, 0.2) is 90.0 Å². The second-order valence-corrected chi connectivity index (χ2v) is 5.75. The largest absolute Gasteiger partial charge is 0.485 e. The van der Waals surface area contributed by atoms with Gasteiger partial charge in [-0.3, -0.25) is 5.43 Å². The third-order valence-corrected chi connectivity index (χ3v) is 4.11. The zero-order valence-corrected chi connectivity index (χ0v) is 13.2. The highest BCUT2D eigenvalue weighted by Crippen LogP contribution is 2.35. The molecule has 0 radical (unpaired) electrons. The van der Waals surface area contributed by atoms with Gasteiger partial charge >= 0.3 is 0 Å². The van der Waals surface area contributed by atoms with Crippen molar-refractivity contribution in [1.29, 1.82) is 0 Å². The van der Waals surface area contributed by atoms with Gasteiger partial charge in [-0.1, -0.05) is 60.7 Å². The third-order valence-electron chi connectivity index (χ3n) is 4.11. The molecule has 0 fully saturated rings. The zero-order chi connectivity index (χ0) is 16.2. The van der Waals surface area contributed by atoms with Gasteiger partial charge in [0.05, 0.1) is 11.4 Å². The number of nitrogens with one attached hydrogen (secondary N) is 1. The number of hydrogen-bond donors (Lipinski definition) is 1. The van der Waals surface area contributed by atoms with Gasteiger partial charge in [-0.15, -0.1) is 0 Å². The van der Waals surface area contributed by atoms with Crippen LogP contribution in [0.2, 0.25) is 0 Å². The Balaban J connectivity index is 1.67. The molecule has 3 aromatic carbocycles. The van der Waals surface area contributed by atoms with Crippen LogP contribution in [0.5, 0.6) is 5.75 Å². The van der Waals surface area contributed by atoms with Gasteiger partial charge in [0.2, 0.25) is 0 Å². The lowest BCUT2D eigenvalue weighted by atomic mass is 9.96. The number of anilines is 1. The zero-order valence-electron chi connectivity index (χ0n) is 13.2. The molecule has 0 aromatic heterocycles. The Morgan fingerprint density at radius 3 is 2.25 bits per heavy atom. The second-order valence-electron chi connectivity index (χ2n) is 5.75. The van der Waals surface area contributed by atoms with E-state index in [0.29, 0.717) is 0 Å². The number of para-hydroxylation sites is 2. The molecule has 0 saturated heterocycles. The van der Waals surface area contributed by atoms with E-state index in [1.165, 1.54) is 5.56 Å². The maximum absolute atomic E-state index is 6.19. The van der Waals surface area contributed by atoms with Gasteiger partial charge in [0.25, 0.3) is 0 Å². The first-order valence-electron chi connectivity index (χ1n) is 8.09. The number of fused-ring (bicyclic) bond motifs is 1. The molecule has 0 spiro atoms. The molecule has 1 aliphatic heterocycles. The predicted molar refractivity (Wildman–Crippen MR) is 97.5 cm³/mol.